The van der Waals surface area contributed by atoms with Crippen LogP contribution in [0, 0.1) is 0 Å². The third-order valence-electron chi connectivity index (χ3n) is 12.1. The molecule has 10 aromatic rings. The molecule has 0 saturated heterocycles. The van der Waals surface area contributed by atoms with Gasteiger partial charge in [-0.3, -0.25) is 0 Å². The summed E-state index contributed by atoms with van der Waals surface area (Å²) in [5, 5.41) is 0. The van der Waals surface area contributed by atoms with E-state index in [-0.39, 0.29) is 0 Å². The Bertz CT molecular complexity index is 3090. The summed E-state index contributed by atoms with van der Waals surface area (Å²) in [5.74, 6) is 1.93. The van der Waals surface area contributed by atoms with E-state index in [1.54, 1.807) is 0 Å². The van der Waals surface area contributed by atoms with E-state index in [0.717, 1.165) is 22.4 Å². The van der Waals surface area contributed by atoms with Crippen LogP contribution in [0.5, 0.6) is 0 Å². The average molecular weight is 811 g/mol. The number of hydrogen-bond acceptors (Lipinski definition) is 4. The quantitative estimate of drug-likeness (QED) is 0.168. The predicted molar refractivity (Wildman–Crippen MR) is 254 cm³/mol. The molecule has 1 spiro atoms. The second-order valence-electron chi connectivity index (χ2n) is 15.6. The van der Waals surface area contributed by atoms with Gasteiger partial charge in [-0.15, -0.1) is 10.0 Å². The molecule has 0 aliphatic carbocycles. The highest BCUT2D eigenvalue weighted by Gasteiger charge is 2.48. The van der Waals surface area contributed by atoms with Gasteiger partial charge in [-0.1, -0.05) is 158 Å². The van der Waals surface area contributed by atoms with Gasteiger partial charge in [-0.25, -0.2) is 15.0 Å². The highest BCUT2D eigenvalue weighted by Crippen LogP contribution is 2.84. The number of nitrogens with zero attached hydrogens (tertiary/aromatic N) is 4. The topological polar surface area (TPSA) is 41.9 Å². The van der Waals surface area contributed by atoms with Gasteiger partial charge in [0.2, 0.25) is 0 Å². The van der Waals surface area contributed by atoms with Crippen LogP contribution in [0.25, 0.3) is 67.5 Å². The summed E-state index contributed by atoms with van der Waals surface area (Å²) in [4.78, 5) is 22.8. The van der Waals surface area contributed by atoms with Gasteiger partial charge in [0.1, 0.15) is 0 Å². The molecular formula is C57H38N4S. The van der Waals surface area contributed by atoms with Gasteiger partial charge < -0.3 is 4.90 Å². The Morgan fingerprint density at radius 3 is 1.03 bits per heavy atom. The van der Waals surface area contributed by atoms with Gasteiger partial charge in [0, 0.05) is 42.0 Å². The Morgan fingerprint density at radius 1 is 0.274 bits per heavy atom. The van der Waals surface area contributed by atoms with Gasteiger partial charge in [0.15, 0.2) is 17.5 Å². The van der Waals surface area contributed by atoms with E-state index >= 15 is 0 Å². The zero-order chi connectivity index (χ0) is 41.0. The van der Waals surface area contributed by atoms with Gasteiger partial charge in [-0.05, 0) is 106 Å². The third kappa shape index (κ3) is 5.74. The number of anilines is 3. The van der Waals surface area contributed by atoms with Crippen molar-refractivity contribution in [3.8, 4) is 67.5 Å². The molecule has 3 heterocycles. The molecule has 0 fully saturated rings. The molecule has 1 aromatic heterocycles. The molecule has 12 rings (SSSR count). The van der Waals surface area contributed by atoms with E-state index in [9.17, 15) is 0 Å². The van der Waals surface area contributed by atoms with Gasteiger partial charge in [-0.2, -0.15) is 0 Å². The van der Waals surface area contributed by atoms with Crippen molar-refractivity contribution in [3.63, 3.8) is 0 Å². The molecule has 0 saturated carbocycles. The molecule has 0 atom stereocenters. The third-order valence-corrected chi connectivity index (χ3v) is 16.1. The Morgan fingerprint density at radius 2 is 0.613 bits per heavy atom. The van der Waals surface area contributed by atoms with Crippen molar-refractivity contribution < 1.29 is 0 Å². The van der Waals surface area contributed by atoms with Crippen molar-refractivity contribution in [1.29, 1.82) is 0 Å². The minimum Gasteiger partial charge on any atom is -0.308 e. The Balaban J connectivity index is 1.03. The largest absolute Gasteiger partial charge is 0.308 e. The lowest BCUT2D eigenvalue weighted by Crippen LogP contribution is -2.20. The van der Waals surface area contributed by atoms with Gasteiger partial charge >= 0.3 is 0 Å². The van der Waals surface area contributed by atoms with E-state index in [4.69, 9.17) is 15.0 Å². The normalized spacial score (nSPS) is 13.5. The standard InChI is InChI=1S/C57H38N4S/c1-5-17-39(18-6-1)44-31-35-51-47(37-44)48-38-45(40-19-7-2-8-20-40)32-36-52(48)62(51)53-27-15-13-25-49(53)61(50-26-14-16-28-54(50)62)46-33-29-43(30-34-46)57-59-55(41-21-9-3-10-22-41)58-56(60-57)42-23-11-4-12-24-42/h1-38H. The molecule has 0 radical (unpaired) electrons. The molecule has 0 amide bonds. The predicted octanol–water partition coefficient (Wildman–Crippen LogP) is 15.3. The molecule has 0 N–H and O–H groups in total. The monoisotopic (exact) mass is 810 g/mol. The lowest BCUT2D eigenvalue weighted by Gasteiger charge is -2.48. The van der Waals surface area contributed by atoms with Crippen LogP contribution >= 0.6 is 10.0 Å². The SMILES string of the molecule is c1ccc(-c2ccc3c(c2)-c2cc(-c4ccccc4)ccc2S32c3ccccc3N(c3ccc(-c4nc(-c5ccccc5)nc(-c5ccccc5)n4)cc3)c3ccccc32)cc1. The van der Waals surface area contributed by atoms with Crippen LogP contribution in [0.2, 0.25) is 0 Å². The lowest BCUT2D eigenvalue weighted by molar-refractivity contribution is 1.07. The highest BCUT2D eigenvalue weighted by atomic mass is 32.3. The fourth-order valence-electron chi connectivity index (χ4n) is 9.25. The molecule has 2 aliphatic rings. The maximum Gasteiger partial charge on any atom is 0.164 e. The molecule has 0 unspecified atom stereocenters. The minimum absolute atomic E-state index is 0.635. The fourth-order valence-corrected chi connectivity index (χ4v) is 13.7. The molecule has 4 nitrogen and oxygen atoms in total. The van der Waals surface area contributed by atoms with Crippen LogP contribution in [0.4, 0.5) is 17.1 Å². The summed E-state index contributed by atoms with van der Waals surface area (Å²) in [6.07, 6.45) is 0. The lowest BCUT2D eigenvalue weighted by atomic mass is 9.96. The minimum atomic E-state index is -1.92. The van der Waals surface area contributed by atoms with Crippen molar-refractivity contribution in [3.05, 3.63) is 231 Å². The Hall–Kier alpha value is -7.86. The van der Waals surface area contributed by atoms with Crippen LogP contribution in [0.1, 0.15) is 0 Å². The highest BCUT2D eigenvalue weighted by molar-refractivity contribution is 8.34. The van der Waals surface area contributed by atoms with E-state index in [1.165, 1.54) is 64.3 Å². The molecule has 2 aliphatic heterocycles. The summed E-state index contributed by atoms with van der Waals surface area (Å²) < 4.78 is 0. The second kappa shape index (κ2) is 14.7. The number of para-hydroxylation sites is 2. The average Bonchev–Trinajstić information content (AvgIpc) is 3.64. The van der Waals surface area contributed by atoms with Crippen LogP contribution in [-0.4, -0.2) is 15.0 Å². The van der Waals surface area contributed by atoms with Crippen molar-refractivity contribution in [2.24, 2.45) is 0 Å². The number of hydrogen-bond donors (Lipinski definition) is 0. The maximum atomic E-state index is 5.02. The molecule has 0 bridgehead atoms. The fraction of sp³-hybridized carbons (Fsp3) is 0. The zero-order valence-electron chi connectivity index (χ0n) is 33.6. The zero-order valence-corrected chi connectivity index (χ0v) is 34.5. The van der Waals surface area contributed by atoms with Crippen molar-refractivity contribution in [2.45, 2.75) is 19.6 Å². The van der Waals surface area contributed by atoms with E-state index in [0.29, 0.717) is 17.5 Å². The van der Waals surface area contributed by atoms with Crippen LogP contribution in [0.15, 0.2) is 250 Å². The summed E-state index contributed by atoms with van der Waals surface area (Å²) in [6, 6.07) is 83.0. The summed E-state index contributed by atoms with van der Waals surface area (Å²) in [7, 11) is -1.92. The molecule has 9 aromatic carbocycles. The Labute approximate surface area is 362 Å². The van der Waals surface area contributed by atoms with Crippen molar-refractivity contribution in [2.75, 3.05) is 4.90 Å². The first-order valence-corrected chi connectivity index (χ1v) is 22.6. The summed E-state index contributed by atoms with van der Waals surface area (Å²) in [5.41, 5.74) is 13.8. The number of benzene rings is 9. The second-order valence-corrected chi connectivity index (χ2v) is 18.6. The molecule has 5 heteroatoms. The van der Waals surface area contributed by atoms with Crippen LogP contribution in [-0.2, 0) is 0 Å². The number of aromatic nitrogens is 3. The summed E-state index contributed by atoms with van der Waals surface area (Å²) in [6.45, 7) is 0. The number of fused-ring (bicyclic) bond motifs is 9. The number of rotatable bonds is 6. The van der Waals surface area contributed by atoms with Gasteiger partial charge in [0.05, 0.1) is 11.4 Å². The van der Waals surface area contributed by atoms with Crippen LogP contribution in [0.3, 0.4) is 0 Å². The van der Waals surface area contributed by atoms with Crippen molar-refractivity contribution >= 4 is 27.1 Å². The molecule has 292 valence electrons. The molecular weight excluding hydrogens is 773 g/mol. The summed E-state index contributed by atoms with van der Waals surface area (Å²) >= 11 is 0. The molecule has 62 heavy (non-hydrogen) atoms. The van der Waals surface area contributed by atoms with Gasteiger partial charge in [0.25, 0.3) is 0 Å². The van der Waals surface area contributed by atoms with E-state index in [2.05, 4.69) is 175 Å². The first-order chi connectivity index (χ1) is 30.7. The maximum absolute atomic E-state index is 5.02. The Kier molecular flexibility index (Phi) is 8.54. The van der Waals surface area contributed by atoms with E-state index < -0.39 is 10.0 Å². The van der Waals surface area contributed by atoms with Crippen LogP contribution < -0.4 is 4.90 Å². The van der Waals surface area contributed by atoms with E-state index in [1.807, 2.05) is 60.7 Å². The first kappa shape index (κ1) is 36.0. The first-order valence-electron chi connectivity index (χ1n) is 20.9. The van der Waals surface area contributed by atoms with Crippen molar-refractivity contribution in [1.82, 2.24) is 15.0 Å². The smallest absolute Gasteiger partial charge is 0.164 e.